The van der Waals surface area contributed by atoms with Gasteiger partial charge in [-0.05, 0) is 19.8 Å². The second-order valence-corrected chi connectivity index (χ2v) is 4.67. The summed E-state index contributed by atoms with van der Waals surface area (Å²) in [7, 11) is 0. The topological polar surface area (TPSA) is 78.9 Å². The monoisotopic (exact) mass is 272 g/mol. The fourth-order valence-electron chi connectivity index (χ4n) is 2.41. The number of nitrogens with one attached hydrogen (secondary N) is 1. The molecule has 0 saturated heterocycles. The van der Waals surface area contributed by atoms with Crippen LogP contribution in [-0.4, -0.2) is 54.4 Å². The van der Waals surface area contributed by atoms with Gasteiger partial charge in [0.2, 0.25) is 0 Å². The molecule has 1 rings (SSSR count). The van der Waals surface area contributed by atoms with Crippen LogP contribution in [0.15, 0.2) is 0 Å². The third-order valence-corrected chi connectivity index (χ3v) is 3.31. The number of ether oxygens (including phenoxy) is 1. The van der Waals surface area contributed by atoms with Crippen LogP contribution in [0.3, 0.4) is 0 Å². The molecule has 19 heavy (non-hydrogen) atoms. The lowest BCUT2D eigenvalue weighted by Crippen LogP contribution is -2.49. The Kier molecular flexibility index (Phi) is 7.25. The molecule has 2 N–H and O–H groups in total. The largest absolute Gasteiger partial charge is 0.465 e. The Hall–Kier alpha value is -1.30. The number of carbonyl (C=O) groups excluding carboxylic acids is 2. The number of carbonyl (C=O) groups is 2. The molecule has 6 heteroatoms. The standard InChI is InChI=1S/C13H24N2O4/c1-2-19-12(17)10-14-13(18)15(8-9-16)11-6-4-3-5-7-11/h11,16H,2-10H2,1H3,(H,14,18). The predicted molar refractivity (Wildman–Crippen MR) is 70.7 cm³/mol. The first kappa shape index (κ1) is 15.8. The lowest BCUT2D eigenvalue weighted by molar-refractivity contribution is -0.141. The van der Waals surface area contributed by atoms with Gasteiger partial charge in [-0.1, -0.05) is 19.3 Å². The minimum absolute atomic E-state index is 0.0661. The molecule has 2 amide bonds. The highest BCUT2D eigenvalue weighted by Gasteiger charge is 2.25. The number of aliphatic hydroxyl groups excluding tert-OH is 1. The van der Waals surface area contributed by atoms with Crippen molar-refractivity contribution in [2.24, 2.45) is 0 Å². The van der Waals surface area contributed by atoms with Crippen molar-refractivity contribution in [1.82, 2.24) is 10.2 Å². The summed E-state index contributed by atoms with van der Waals surface area (Å²) >= 11 is 0. The maximum Gasteiger partial charge on any atom is 0.325 e. The van der Waals surface area contributed by atoms with Gasteiger partial charge in [0.15, 0.2) is 0 Å². The highest BCUT2D eigenvalue weighted by atomic mass is 16.5. The molecule has 110 valence electrons. The molecular weight excluding hydrogens is 248 g/mol. The number of urea groups is 1. The number of amides is 2. The van der Waals surface area contributed by atoms with Crippen LogP contribution in [0.25, 0.3) is 0 Å². The van der Waals surface area contributed by atoms with E-state index in [1.165, 1.54) is 6.42 Å². The van der Waals surface area contributed by atoms with Crippen molar-refractivity contribution in [3.05, 3.63) is 0 Å². The van der Waals surface area contributed by atoms with E-state index in [-0.39, 0.29) is 25.2 Å². The van der Waals surface area contributed by atoms with Gasteiger partial charge in [0.1, 0.15) is 6.54 Å². The summed E-state index contributed by atoms with van der Waals surface area (Å²) < 4.78 is 4.76. The fraction of sp³-hybridized carbons (Fsp3) is 0.846. The van der Waals surface area contributed by atoms with Crippen molar-refractivity contribution in [2.45, 2.75) is 45.1 Å². The Labute approximate surface area is 114 Å². The van der Waals surface area contributed by atoms with Crippen molar-refractivity contribution < 1.29 is 19.4 Å². The molecule has 0 spiro atoms. The lowest BCUT2D eigenvalue weighted by Gasteiger charge is -2.33. The molecule has 0 aromatic rings. The smallest absolute Gasteiger partial charge is 0.325 e. The first-order valence-electron chi connectivity index (χ1n) is 7.00. The summed E-state index contributed by atoms with van der Waals surface area (Å²) in [5, 5.41) is 11.6. The van der Waals surface area contributed by atoms with E-state index >= 15 is 0 Å². The molecule has 0 aromatic carbocycles. The number of nitrogens with zero attached hydrogens (tertiary/aromatic N) is 1. The number of esters is 1. The number of hydrogen-bond donors (Lipinski definition) is 2. The minimum Gasteiger partial charge on any atom is -0.465 e. The molecule has 0 bridgehead atoms. The summed E-state index contributed by atoms with van der Waals surface area (Å²) in [5.74, 6) is -0.441. The van der Waals surface area contributed by atoms with Gasteiger partial charge in [0.05, 0.1) is 13.2 Å². The molecule has 0 radical (unpaired) electrons. The van der Waals surface area contributed by atoms with Crippen LogP contribution in [0.4, 0.5) is 4.79 Å². The van der Waals surface area contributed by atoms with E-state index in [2.05, 4.69) is 5.32 Å². The van der Waals surface area contributed by atoms with Crippen LogP contribution >= 0.6 is 0 Å². The molecule has 6 nitrogen and oxygen atoms in total. The fourth-order valence-corrected chi connectivity index (χ4v) is 2.41. The quantitative estimate of drug-likeness (QED) is 0.704. The van der Waals surface area contributed by atoms with Crippen molar-refractivity contribution in [1.29, 1.82) is 0 Å². The average molecular weight is 272 g/mol. The van der Waals surface area contributed by atoms with Gasteiger partial charge >= 0.3 is 12.0 Å². The zero-order valence-corrected chi connectivity index (χ0v) is 11.6. The molecule has 0 aliphatic heterocycles. The van der Waals surface area contributed by atoms with E-state index in [0.717, 1.165) is 25.7 Å². The SMILES string of the molecule is CCOC(=O)CNC(=O)N(CCO)C1CCCCC1. The number of hydrogen-bond acceptors (Lipinski definition) is 4. The van der Waals surface area contributed by atoms with Crippen LogP contribution in [0.1, 0.15) is 39.0 Å². The van der Waals surface area contributed by atoms with E-state index in [1.807, 2.05) is 0 Å². The normalized spacial score (nSPS) is 15.9. The molecule has 0 unspecified atom stereocenters. The average Bonchev–Trinajstić information content (AvgIpc) is 2.43. The van der Waals surface area contributed by atoms with Crippen LogP contribution in [0.2, 0.25) is 0 Å². The Morgan fingerprint density at radius 1 is 1.32 bits per heavy atom. The Morgan fingerprint density at radius 3 is 2.58 bits per heavy atom. The van der Waals surface area contributed by atoms with Crippen molar-refractivity contribution >= 4 is 12.0 Å². The van der Waals surface area contributed by atoms with Gasteiger partial charge in [0, 0.05) is 12.6 Å². The van der Waals surface area contributed by atoms with Crippen molar-refractivity contribution in [3.8, 4) is 0 Å². The molecule has 0 atom stereocenters. The summed E-state index contributed by atoms with van der Waals surface area (Å²) in [6.07, 6.45) is 5.35. The maximum atomic E-state index is 12.0. The Morgan fingerprint density at radius 2 is 2.00 bits per heavy atom. The molecule has 1 saturated carbocycles. The van der Waals surface area contributed by atoms with Crippen LogP contribution < -0.4 is 5.32 Å². The first-order chi connectivity index (χ1) is 9.19. The second kappa shape index (κ2) is 8.74. The summed E-state index contributed by atoms with van der Waals surface area (Å²) in [4.78, 5) is 24.9. The van der Waals surface area contributed by atoms with E-state index < -0.39 is 5.97 Å². The third-order valence-electron chi connectivity index (χ3n) is 3.31. The Bertz CT molecular complexity index is 290. The summed E-state index contributed by atoms with van der Waals surface area (Å²) in [6, 6.07) is -0.128. The number of rotatable bonds is 6. The predicted octanol–water partition coefficient (Wildman–Crippen LogP) is 0.886. The summed E-state index contributed by atoms with van der Waals surface area (Å²) in [5.41, 5.74) is 0. The van der Waals surface area contributed by atoms with Gasteiger partial charge in [-0.2, -0.15) is 0 Å². The molecule has 1 aliphatic rings. The van der Waals surface area contributed by atoms with Gasteiger partial charge in [0.25, 0.3) is 0 Å². The van der Waals surface area contributed by atoms with E-state index in [0.29, 0.717) is 13.2 Å². The van der Waals surface area contributed by atoms with Crippen molar-refractivity contribution in [2.75, 3.05) is 26.3 Å². The molecule has 0 heterocycles. The minimum atomic E-state index is -0.441. The highest BCUT2D eigenvalue weighted by molar-refractivity contribution is 5.81. The van der Waals surface area contributed by atoms with Crippen molar-refractivity contribution in [3.63, 3.8) is 0 Å². The highest BCUT2D eigenvalue weighted by Crippen LogP contribution is 2.22. The van der Waals surface area contributed by atoms with Crippen LogP contribution in [0.5, 0.6) is 0 Å². The lowest BCUT2D eigenvalue weighted by atomic mass is 9.94. The Balaban J connectivity index is 2.45. The molecule has 1 aliphatic carbocycles. The van der Waals surface area contributed by atoms with Gasteiger partial charge in [-0.25, -0.2) is 4.79 Å². The first-order valence-corrected chi connectivity index (χ1v) is 7.00. The van der Waals surface area contributed by atoms with E-state index in [1.54, 1.807) is 11.8 Å². The van der Waals surface area contributed by atoms with Gasteiger partial charge in [-0.3, -0.25) is 4.79 Å². The third kappa shape index (κ3) is 5.46. The van der Waals surface area contributed by atoms with Crippen LogP contribution in [-0.2, 0) is 9.53 Å². The molecule has 1 fully saturated rings. The maximum absolute atomic E-state index is 12.0. The zero-order valence-electron chi connectivity index (χ0n) is 11.6. The number of aliphatic hydroxyl groups is 1. The molecular formula is C13H24N2O4. The van der Waals surface area contributed by atoms with Gasteiger partial charge < -0.3 is 20.1 Å². The van der Waals surface area contributed by atoms with Gasteiger partial charge in [-0.15, -0.1) is 0 Å². The van der Waals surface area contributed by atoms with Crippen LogP contribution in [0, 0.1) is 0 Å². The molecule has 0 aromatic heterocycles. The van der Waals surface area contributed by atoms with E-state index in [9.17, 15) is 9.59 Å². The summed E-state index contributed by atoms with van der Waals surface area (Å²) in [6.45, 7) is 2.14. The van der Waals surface area contributed by atoms with E-state index in [4.69, 9.17) is 9.84 Å². The zero-order chi connectivity index (χ0) is 14.1. The second-order valence-electron chi connectivity index (χ2n) is 4.67.